The van der Waals surface area contributed by atoms with E-state index in [0.717, 1.165) is 16.9 Å². The Labute approximate surface area is 165 Å². The number of rotatable bonds is 9. The lowest BCUT2D eigenvalue weighted by Gasteiger charge is -2.20. The van der Waals surface area contributed by atoms with Gasteiger partial charge in [0.2, 0.25) is 0 Å². The van der Waals surface area contributed by atoms with Crippen molar-refractivity contribution in [2.45, 2.75) is 19.5 Å². The van der Waals surface area contributed by atoms with Gasteiger partial charge in [0.05, 0.1) is 19.8 Å². The number of aliphatic hydroxyl groups is 1. The van der Waals surface area contributed by atoms with Gasteiger partial charge in [-0.2, -0.15) is 5.26 Å². The van der Waals surface area contributed by atoms with Gasteiger partial charge in [0.15, 0.2) is 0 Å². The predicted octanol–water partition coefficient (Wildman–Crippen LogP) is 2.77. The van der Waals surface area contributed by atoms with Crippen LogP contribution in [0.1, 0.15) is 24.1 Å². The van der Waals surface area contributed by atoms with Crippen LogP contribution in [0.25, 0.3) is 0 Å². The minimum absolute atomic E-state index is 0.00950. The van der Waals surface area contributed by atoms with Crippen molar-refractivity contribution in [1.82, 2.24) is 10.2 Å². The van der Waals surface area contributed by atoms with Gasteiger partial charge in [0, 0.05) is 19.3 Å². The smallest absolute Gasteiger partial charge is 0.263 e. The Kier molecular flexibility index (Phi) is 8.07. The molecule has 28 heavy (non-hydrogen) atoms. The molecule has 2 aromatic rings. The number of aliphatic hydroxyl groups excluding tert-OH is 1. The Hall–Kier alpha value is -3.30. The Bertz CT molecular complexity index is 826. The van der Waals surface area contributed by atoms with Crippen LogP contribution in [0, 0.1) is 11.3 Å². The fraction of sp³-hybridized carbons (Fsp3) is 0.273. The predicted molar refractivity (Wildman–Crippen MR) is 107 cm³/mol. The van der Waals surface area contributed by atoms with Gasteiger partial charge in [0.1, 0.15) is 17.4 Å². The molecule has 0 saturated heterocycles. The molecule has 1 atom stereocenters. The maximum atomic E-state index is 12.6. The number of carbonyl (C=O) groups is 1. The summed E-state index contributed by atoms with van der Waals surface area (Å²) in [4.78, 5) is 14.3. The molecule has 0 heterocycles. The highest BCUT2D eigenvalue weighted by atomic mass is 16.5. The zero-order chi connectivity index (χ0) is 20.4. The van der Waals surface area contributed by atoms with Crippen LogP contribution in [0.15, 0.2) is 66.4 Å². The maximum Gasteiger partial charge on any atom is 0.263 e. The van der Waals surface area contributed by atoms with Crippen LogP contribution >= 0.6 is 0 Å². The summed E-state index contributed by atoms with van der Waals surface area (Å²) >= 11 is 0. The van der Waals surface area contributed by atoms with E-state index in [0.29, 0.717) is 13.1 Å². The van der Waals surface area contributed by atoms with E-state index >= 15 is 0 Å². The van der Waals surface area contributed by atoms with Crippen LogP contribution < -0.4 is 10.1 Å². The largest absolute Gasteiger partial charge is 0.497 e. The Morgan fingerprint density at radius 2 is 1.93 bits per heavy atom. The van der Waals surface area contributed by atoms with E-state index in [-0.39, 0.29) is 18.2 Å². The Morgan fingerprint density at radius 1 is 1.25 bits per heavy atom. The van der Waals surface area contributed by atoms with E-state index in [4.69, 9.17) is 4.74 Å². The number of hydrogen-bond donors (Lipinski definition) is 2. The summed E-state index contributed by atoms with van der Waals surface area (Å²) in [6, 6.07) is 18.7. The number of benzene rings is 2. The zero-order valence-electron chi connectivity index (χ0n) is 16.1. The summed E-state index contributed by atoms with van der Waals surface area (Å²) in [6.45, 7) is 2.59. The van der Waals surface area contributed by atoms with Crippen molar-refractivity contribution in [3.05, 3.63) is 77.5 Å². The van der Waals surface area contributed by atoms with Gasteiger partial charge in [-0.15, -0.1) is 0 Å². The highest BCUT2D eigenvalue weighted by Gasteiger charge is 2.15. The lowest BCUT2D eigenvalue weighted by molar-refractivity contribution is -0.117. The molecule has 2 aromatic carbocycles. The van der Waals surface area contributed by atoms with E-state index in [1.165, 1.54) is 6.20 Å². The van der Waals surface area contributed by atoms with Gasteiger partial charge in [-0.05, 0) is 30.2 Å². The molecule has 0 spiro atoms. The van der Waals surface area contributed by atoms with Gasteiger partial charge in [0.25, 0.3) is 5.91 Å². The highest BCUT2D eigenvalue weighted by molar-refractivity contribution is 5.97. The molecule has 146 valence electrons. The summed E-state index contributed by atoms with van der Waals surface area (Å²) < 4.78 is 5.14. The Morgan fingerprint density at radius 3 is 2.50 bits per heavy atom. The van der Waals surface area contributed by atoms with Gasteiger partial charge in [-0.3, -0.25) is 4.79 Å². The fourth-order valence-corrected chi connectivity index (χ4v) is 2.71. The first kappa shape index (κ1) is 21.0. The second kappa shape index (κ2) is 10.8. The molecular weight excluding hydrogens is 354 g/mol. The number of hydrogen-bond acceptors (Lipinski definition) is 5. The quantitative estimate of drug-likeness (QED) is 0.517. The van der Waals surface area contributed by atoms with Gasteiger partial charge in [-0.25, -0.2) is 0 Å². The SMILES string of the molecule is COc1ccc(C(C)NC(=O)/C(C#N)=C\N(CCO)Cc2ccccc2)cc1. The average Bonchev–Trinajstić information content (AvgIpc) is 2.72. The molecule has 0 bridgehead atoms. The average molecular weight is 379 g/mol. The summed E-state index contributed by atoms with van der Waals surface area (Å²) in [5.41, 5.74) is 1.92. The minimum atomic E-state index is -0.457. The number of ether oxygens (including phenoxy) is 1. The van der Waals surface area contributed by atoms with Gasteiger partial charge in [-0.1, -0.05) is 42.5 Å². The molecule has 0 saturated carbocycles. The third-order valence-electron chi connectivity index (χ3n) is 4.26. The molecule has 6 nitrogen and oxygen atoms in total. The molecule has 1 unspecified atom stereocenters. The van der Waals surface area contributed by atoms with Crippen LogP contribution in [0.2, 0.25) is 0 Å². The molecule has 2 rings (SSSR count). The first-order valence-corrected chi connectivity index (χ1v) is 9.03. The normalized spacial score (nSPS) is 12.0. The number of nitrogens with zero attached hydrogens (tertiary/aromatic N) is 2. The standard InChI is InChI=1S/C22H25N3O3/c1-17(19-8-10-21(28-2)11-9-19)24-22(27)20(14-23)16-25(12-13-26)15-18-6-4-3-5-7-18/h3-11,16-17,26H,12-13,15H2,1-2H3,(H,24,27)/b20-16-. The summed E-state index contributed by atoms with van der Waals surface area (Å²) in [5, 5.41) is 21.6. The Balaban J connectivity index is 2.09. The number of methoxy groups -OCH3 is 1. The van der Waals surface area contributed by atoms with E-state index in [1.807, 2.05) is 67.6 Å². The molecule has 0 radical (unpaired) electrons. The van der Waals surface area contributed by atoms with Crippen molar-refractivity contribution >= 4 is 5.91 Å². The van der Waals surface area contributed by atoms with Crippen LogP contribution in [0.3, 0.4) is 0 Å². The minimum Gasteiger partial charge on any atom is -0.497 e. The summed E-state index contributed by atoms with van der Waals surface area (Å²) in [7, 11) is 1.60. The first-order valence-electron chi connectivity index (χ1n) is 9.03. The van der Waals surface area contributed by atoms with Crippen molar-refractivity contribution in [3.63, 3.8) is 0 Å². The van der Waals surface area contributed by atoms with Crippen LogP contribution in [-0.4, -0.2) is 36.2 Å². The van der Waals surface area contributed by atoms with Crippen LogP contribution in [0.4, 0.5) is 0 Å². The number of nitrogens with one attached hydrogen (secondary N) is 1. The number of carbonyl (C=O) groups excluding carboxylic acids is 1. The molecule has 0 aliphatic carbocycles. The monoisotopic (exact) mass is 379 g/mol. The topological polar surface area (TPSA) is 85.6 Å². The fourth-order valence-electron chi connectivity index (χ4n) is 2.71. The van der Waals surface area contributed by atoms with Crippen molar-refractivity contribution < 1.29 is 14.6 Å². The van der Waals surface area contributed by atoms with Crippen LogP contribution in [-0.2, 0) is 11.3 Å². The molecule has 0 aromatic heterocycles. The van der Waals surface area contributed by atoms with Crippen molar-refractivity contribution in [1.29, 1.82) is 5.26 Å². The molecule has 1 amide bonds. The van der Waals surface area contributed by atoms with Gasteiger partial charge >= 0.3 is 0 Å². The summed E-state index contributed by atoms with van der Waals surface area (Å²) in [5.74, 6) is 0.280. The molecule has 0 aliphatic rings. The number of amides is 1. The highest BCUT2D eigenvalue weighted by Crippen LogP contribution is 2.17. The first-order chi connectivity index (χ1) is 13.6. The third kappa shape index (κ3) is 6.15. The summed E-state index contributed by atoms with van der Waals surface area (Å²) in [6.07, 6.45) is 1.50. The zero-order valence-corrected chi connectivity index (χ0v) is 16.1. The molecule has 2 N–H and O–H groups in total. The van der Waals surface area contributed by atoms with E-state index in [1.54, 1.807) is 12.0 Å². The maximum absolute atomic E-state index is 12.6. The third-order valence-corrected chi connectivity index (χ3v) is 4.26. The van der Waals surface area contributed by atoms with Gasteiger partial charge < -0.3 is 20.1 Å². The van der Waals surface area contributed by atoms with Crippen molar-refractivity contribution in [2.24, 2.45) is 0 Å². The second-order valence-electron chi connectivity index (χ2n) is 6.30. The number of nitriles is 1. The molecule has 6 heteroatoms. The lowest BCUT2D eigenvalue weighted by atomic mass is 10.1. The van der Waals surface area contributed by atoms with E-state index < -0.39 is 5.91 Å². The van der Waals surface area contributed by atoms with E-state index in [2.05, 4.69) is 5.32 Å². The molecule has 0 aliphatic heterocycles. The van der Waals surface area contributed by atoms with Crippen LogP contribution in [0.5, 0.6) is 5.75 Å². The molecule has 0 fully saturated rings. The second-order valence-corrected chi connectivity index (χ2v) is 6.30. The van der Waals surface area contributed by atoms with Crippen molar-refractivity contribution in [3.8, 4) is 11.8 Å². The van der Waals surface area contributed by atoms with Crippen molar-refractivity contribution in [2.75, 3.05) is 20.3 Å². The lowest BCUT2D eigenvalue weighted by Crippen LogP contribution is -2.29. The van der Waals surface area contributed by atoms with E-state index in [9.17, 15) is 15.2 Å². The molecular formula is C22H25N3O3.